The van der Waals surface area contributed by atoms with E-state index in [9.17, 15) is 14.4 Å². The first-order valence-corrected chi connectivity index (χ1v) is 12.2. The summed E-state index contributed by atoms with van der Waals surface area (Å²) in [5.41, 5.74) is 13.9. The molecule has 1 amide bonds. The summed E-state index contributed by atoms with van der Waals surface area (Å²) in [7, 11) is 0. The van der Waals surface area contributed by atoms with E-state index in [2.05, 4.69) is 22.0 Å². The summed E-state index contributed by atoms with van der Waals surface area (Å²) in [5.74, 6) is -1.14. The largest absolute Gasteiger partial charge is 0.370 e. The maximum Gasteiger partial charge on any atom is 0.347 e. The fourth-order valence-electron chi connectivity index (χ4n) is 3.35. The van der Waals surface area contributed by atoms with Crippen LogP contribution in [0.25, 0.3) is 12.2 Å². The number of hydrogen-bond acceptors (Lipinski definition) is 8. The highest BCUT2D eigenvalue weighted by Crippen LogP contribution is 2.24. The first-order valence-electron chi connectivity index (χ1n) is 11.4. The summed E-state index contributed by atoms with van der Waals surface area (Å²) in [6.07, 6.45) is 7.31. The number of likely N-dealkylation sites (tertiary alicyclic amines) is 1. The summed E-state index contributed by atoms with van der Waals surface area (Å²) in [6.45, 7) is 11.8. The van der Waals surface area contributed by atoms with Crippen LogP contribution >= 0.6 is 11.3 Å². The highest BCUT2D eigenvalue weighted by Gasteiger charge is 2.35. The van der Waals surface area contributed by atoms with E-state index in [-0.39, 0.29) is 22.7 Å². The van der Waals surface area contributed by atoms with E-state index in [1.165, 1.54) is 23.2 Å². The molecule has 1 saturated heterocycles. The number of amides is 1. The molecule has 11 heteroatoms. The van der Waals surface area contributed by atoms with Crippen LogP contribution in [0.4, 0.5) is 0 Å². The molecule has 2 rings (SSSR count). The third-order valence-corrected chi connectivity index (χ3v) is 5.95. The number of carbonyl (C=O) groups excluding carboxylic acids is 3. The van der Waals surface area contributed by atoms with E-state index < -0.39 is 18.1 Å². The fourth-order valence-corrected chi connectivity index (χ4v) is 4.38. The van der Waals surface area contributed by atoms with Crippen LogP contribution in [-0.2, 0) is 14.4 Å². The normalized spacial score (nSPS) is 15.9. The molecule has 0 bridgehead atoms. The molecule has 0 unspecified atom stereocenters. The first-order chi connectivity index (χ1) is 16.3. The van der Waals surface area contributed by atoms with Crippen molar-refractivity contribution in [1.29, 1.82) is 0 Å². The maximum atomic E-state index is 13.2. The molecule has 1 aliphatic heterocycles. The highest BCUT2D eigenvalue weighted by molar-refractivity contribution is 7.14. The zero-order valence-electron chi connectivity index (χ0n) is 20.4. The standard InChI is InChI=1S/C21H30N6O4S.C2H6/c1-4-8-17-14(5-2)25-19(32-17)18(29)15(9-6-11-24-21(22)23)26-31-20(30)16-10-7-12-27(16)13(3)28;1-2/h4-5,8,15-16,26H,2,6-7,9-12H2,1,3H3,(H4,22,23,24);1-2H3/b8-4-;/t15-,16-;/m0./s1. The van der Waals surface area contributed by atoms with Gasteiger partial charge in [0.2, 0.25) is 11.7 Å². The minimum Gasteiger partial charge on any atom is -0.370 e. The monoisotopic (exact) mass is 492 g/mol. The lowest BCUT2D eigenvalue weighted by Crippen LogP contribution is -2.45. The zero-order valence-corrected chi connectivity index (χ0v) is 21.2. The molecule has 0 aliphatic carbocycles. The molecule has 5 N–H and O–H groups in total. The van der Waals surface area contributed by atoms with Gasteiger partial charge >= 0.3 is 5.97 Å². The number of guanidine groups is 1. The minimum atomic E-state index is -0.845. The Morgan fingerprint density at radius 3 is 2.68 bits per heavy atom. The SMILES string of the molecule is C=Cc1nc(C(=O)[C@H](CCCN=C(N)N)NOC(=O)[C@@H]2CCCN2C(C)=O)sc1/C=C\C.CC. The third kappa shape index (κ3) is 8.38. The number of thiazole rings is 1. The second kappa shape index (κ2) is 15.0. The Labute approximate surface area is 205 Å². The van der Waals surface area contributed by atoms with Crippen molar-refractivity contribution in [1.82, 2.24) is 15.4 Å². The van der Waals surface area contributed by atoms with Crippen LogP contribution in [0.2, 0.25) is 0 Å². The van der Waals surface area contributed by atoms with Crippen LogP contribution < -0.4 is 16.9 Å². The molecule has 2 atom stereocenters. The van der Waals surface area contributed by atoms with Gasteiger partial charge in [-0.15, -0.1) is 16.8 Å². The van der Waals surface area contributed by atoms with E-state index >= 15 is 0 Å². The molecule has 0 saturated carbocycles. The van der Waals surface area contributed by atoms with Crippen molar-refractivity contribution in [2.24, 2.45) is 16.5 Å². The Morgan fingerprint density at radius 2 is 2.09 bits per heavy atom. The average Bonchev–Trinajstić information content (AvgIpc) is 3.47. The van der Waals surface area contributed by atoms with Crippen molar-refractivity contribution < 1.29 is 19.2 Å². The molecule has 1 aromatic rings. The van der Waals surface area contributed by atoms with Gasteiger partial charge in [0.05, 0.1) is 10.6 Å². The highest BCUT2D eigenvalue weighted by atomic mass is 32.1. The van der Waals surface area contributed by atoms with E-state index in [0.717, 1.165) is 11.3 Å². The summed E-state index contributed by atoms with van der Waals surface area (Å²) >= 11 is 1.23. The summed E-state index contributed by atoms with van der Waals surface area (Å²) in [6, 6.07) is -1.51. The number of hydrogen-bond donors (Lipinski definition) is 3. The van der Waals surface area contributed by atoms with Crippen LogP contribution in [0.3, 0.4) is 0 Å². The third-order valence-electron chi connectivity index (χ3n) is 4.90. The summed E-state index contributed by atoms with van der Waals surface area (Å²) < 4.78 is 0. The van der Waals surface area contributed by atoms with Gasteiger partial charge in [0.25, 0.3) is 0 Å². The number of allylic oxidation sites excluding steroid dienone is 1. The maximum absolute atomic E-state index is 13.2. The molecular weight excluding hydrogens is 456 g/mol. The van der Waals surface area contributed by atoms with Gasteiger partial charge in [-0.1, -0.05) is 26.5 Å². The zero-order chi connectivity index (χ0) is 25.7. The second-order valence-electron chi connectivity index (χ2n) is 7.25. The summed E-state index contributed by atoms with van der Waals surface area (Å²) in [5, 5.41) is 0.273. The molecule has 34 heavy (non-hydrogen) atoms. The lowest BCUT2D eigenvalue weighted by Gasteiger charge is -2.23. The quantitative estimate of drug-likeness (QED) is 0.140. The molecule has 0 spiro atoms. The van der Waals surface area contributed by atoms with Gasteiger partial charge in [-0.25, -0.2) is 9.78 Å². The Bertz CT molecular complexity index is 907. The van der Waals surface area contributed by atoms with Crippen molar-refractivity contribution in [2.75, 3.05) is 13.1 Å². The fraction of sp³-hybridized carbons (Fsp3) is 0.522. The number of carbonyl (C=O) groups is 3. The number of Topliss-reactive ketones (excluding diaryl/α,β-unsaturated/α-hetero) is 1. The number of aromatic nitrogens is 1. The number of nitrogens with one attached hydrogen (secondary N) is 1. The lowest BCUT2D eigenvalue weighted by atomic mass is 10.1. The number of hydroxylamine groups is 1. The van der Waals surface area contributed by atoms with Crippen molar-refractivity contribution in [3.8, 4) is 0 Å². The van der Waals surface area contributed by atoms with Crippen molar-refractivity contribution in [2.45, 2.75) is 65.5 Å². The van der Waals surface area contributed by atoms with Crippen molar-refractivity contribution >= 4 is 47.1 Å². The van der Waals surface area contributed by atoms with E-state index in [1.54, 1.807) is 6.08 Å². The van der Waals surface area contributed by atoms with Crippen LogP contribution in [0, 0.1) is 0 Å². The van der Waals surface area contributed by atoms with E-state index in [4.69, 9.17) is 16.3 Å². The molecule has 10 nitrogen and oxygen atoms in total. The summed E-state index contributed by atoms with van der Waals surface area (Å²) in [4.78, 5) is 53.2. The van der Waals surface area contributed by atoms with Crippen LogP contribution in [0.5, 0.6) is 0 Å². The van der Waals surface area contributed by atoms with E-state index in [1.807, 2.05) is 32.9 Å². The Hall–Kier alpha value is -3.05. The molecule has 2 heterocycles. The molecule has 188 valence electrons. The van der Waals surface area contributed by atoms with Gasteiger partial charge < -0.3 is 21.2 Å². The van der Waals surface area contributed by atoms with Crippen molar-refractivity contribution in [3.63, 3.8) is 0 Å². The minimum absolute atomic E-state index is 0.0376. The Balaban J connectivity index is 0.00000281. The number of nitrogens with zero attached hydrogens (tertiary/aromatic N) is 3. The Morgan fingerprint density at radius 1 is 1.38 bits per heavy atom. The van der Waals surface area contributed by atoms with Crippen molar-refractivity contribution in [3.05, 3.63) is 28.2 Å². The van der Waals surface area contributed by atoms with Gasteiger partial charge in [0, 0.05) is 20.0 Å². The molecule has 1 fully saturated rings. The predicted molar refractivity (Wildman–Crippen MR) is 136 cm³/mol. The van der Waals surface area contributed by atoms with Gasteiger partial charge in [-0.05, 0) is 44.8 Å². The molecular formula is C23H36N6O4S. The van der Waals surface area contributed by atoms with Gasteiger partial charge in [-0.3, -0.25) is 14.6 Å². The van der Waals surface area contributed by atoms with Crippen LogP contribution in [0.15, 0.2) is 17.6 Å². The molecule has 1 aromatic heterocycles. The van der Waals surface area contributed by atoms with Crippen LogP contribution in [0.1, 0.15) is 73.8 Å². The molecule has 0 radical (unpaired) electrons. The number of ketones is 1. The molecule has 0 aromatic carbocycles. The number of rotatable bonds is 11. The van der Waals surface area contributed by atoms with E-state index in [0.29, 0.717) is 38.0 Å². The number of nitrogens with two attached hydrogens (primary N) is 2. The van der Waals surface area contributed by atoms with Gasteiger partial charge in [0.1, 0.15) is 12.1 Å². The second-order valence-corrected chi connectivity index (χ2v) is 8.28. The topological polar surface area (TPSA) is 153 Å². The molecule has 1 aliphatic rings. The average molecular weight is 493 g/mol. The first kappa shape index (κ1) is 29.0. The van der Waals surface area contributed by atoms with Gasteiger partial charge in [-0.2, -0.15) is 0 Å². The Kier molecular flexibility index (Phi) is 12.8. The lowest BCUT2D eigenvalue weighted by molar-refractivity contribution is -0.160. The van der Waals surface area contributed by atoms with Gasteiger partial charge in [0.15, 0.2) is 11.0 Å². The smallest absolute Gasteiger partial charge is 0.347 e. The number of aliphatic imine (C=N–C) groups is 1. The predicted octanol–water partition coefficient (Wildman–Crippen LogP) is 2.51. The van der Waals surface area contributed by atoms with Crippen LogP contribution in [-0.4, -0.2) is 58.7 Å².